The number of benzene rings is 3. The van der Waals surface area contributed by atoms with Crippen LogP contribution in [0, 0.1) is 0 Å². The highest BCUT2D eigenvalue weighted by atomic mass is 32.1. The standard InChI is InChI=1S/C23H19N3O3S/c1-29-18-11-12-19-20(13-18)30-23(25-19)26-22(28)17-9-7-16(8-10-17)21(27)24-14-15-5-3-2-4-6-15/h2-13H,14H2,1H3,(H,24,27)(H,25,26,28). The molecule has 0 saturated heterocycles. The SMILES string of the molecule is COc1ccc2nc(NC(=O)c3ccc(C(=O)NCc4ccccc4)cc3)sc2c1. The second kappa shape index (κ2) is 8.75. The Labute approximate surface area is 177 Å². The first-order chi connectivity index (χ1) is 14.6. The van der Waals surface area contributed by atoms with Crippen LogP contribution >= 0.6 is 11.3 Å². The van der Waals surface area contributed by atoms with Crippen LogP contribution in [0.15, 0.2) is 72.8 Å². The third-order valence-electron chi connectivity index (χ3n) is 4.52. The molecular formula is C23H19N3O3S. The second-order valence-electron chi connectivity index (χ2n) is 6.55. The molecule has 2 N–H and O–H groups in total. The molecule has 7 heteroatoms. The lowest BCUT2D eigenvalue weighted by Crippen LogP contribution is -2.22. The number of carbonyl (C=O) groups is 2. The molecule has 4 rings (SSSR count). The maximum absolute atomic E-state index is 12.5. The normalized spacial score (nSPS) is 10.6. The molecular weight excluding hydrogens is 398 g/mol. The van der Waals surface area contributed by atoms with Crippen LogP contribution in [0.3, 0.4) is 0 Å². The molecule has 0 bridgehead atoms. The number of aromatic nitrogens is 1. The van der Waals surface area contributed by atoms with Gasteiger partial charge in [0.05, 0.1) is 17.3 Å². The fraction of sp³-hybridized carbons (Fsp3) is 0.0870. The minimum atomic E-state index is -0.280. The van der Waals surface area contributed by atoms with Crippen LogP contribution < -0.4 is 15.4 Å². The lowest BCUT2D eigenvalue weighted by molar-refractivity contribution is 0.0949. The highest BCUT2D eigenvalue weighted by Crippen LogP contribution is 2.29. The highest BCUT2D eigenvalue weighted by Gasteiger charge is 2.12. The molecule has 0 saturated carbocycles. The second-order valence-corrected chi connectivity index (χ2v) is 7.58. The van der Waals surface area contributed by atoms with E-state index < -0.39 is 0 Å². The smallest absolute Gasteiger partial charge is 0.257 e. The van der Waals surface area contributed by atoms with Crippen LogP contribution in [0.4, 0.5) is 5.13 Å². The minimum Gasteiger partial charge on any atom is -0.497 e. The number of nitrogens with zero attached hydrogens (tertiary/aromatic N) is 1. The maximum Gasteiger partial charge on any atom is 0.257 e. The van der Waals surface area contributed by atoms with E-state index in [4.69, 9.17) is 4.74 Å². The summed E-state index contributed by atoms with van der Waals surface area (Å²) in [5.74, 6) is 0.272. The lowest BCUT2D eigenvalue weighted by atomic mass is 10.1. The number of methoxy groups -OCH3 is 1. The molecule has 2 amide bonds. The Bertz CT molecular complexity index is 1190. The topological polar surface area (TPSA) is 80.3 Å². The van der Waals surface area contributed by atoms with Gasteiger partial charge in [-0.15, -0.1) is 0 Å². The van der Waals surface area contributed by atoms with Gasteiger partial charge in [0.25, 0.3) is 11.8 Å². The van der Waals surface area contributed by atoms with Crippen molar-refractivity contribution in [1.82, 2.24) is 10.3 Å². The van der Waals surface area contributed by atoms with Crippen LogP contribution in [-0.2, 0) is 6.54 Å². The molecule has 0 aliphatic heterocycles. The minimum absolute atomic E-state index is 0.189. The van der Waals surface area contributed by atoms with Crippen LogP contribution in [0.1, 0.15) is 26.3 Å². The Hall–Kier alpha value is -3.71. The van der Waals surface area contributed by atoms with E-state index in [1.807, 2.05) is 48.5 Å². The van der Waals surface area contributed by atoms with E-state index in [-0.39, 0.29) is 11.8 Å². The Morgan fingerprint density at radius 3 is 2.33 bits per heavy atom. The molecule has 0 radical (unpaired) electrons. The van der Waals surface area contributed by atoms with Gasteiger partial charge in [-0.1, -0.05) is 41.7 Å². The van der Waals surface area contributed by atoms with Gasteiger partial charge in [-0.25, -0.2) is 4.98 Å². The van der Waals surface area contributed by atoms with Gasteiger partial charge in [-0.2, -0.15) is 0 Å². The van der Waals surface area contributed by atoms with Gasteiger partial charge in [0.2, 0.25) is 0 Å². The van der Waals surface area contributed by atoms with Crippen LogP contribution in [0.25, 0.3) is 10.2 Å². The van der Waals surface area contributed by atoms with Crippen LogP contribution in [0.2, 0.25) is 0 Å². The van der Waals surface area contributed by atoms with E-state index in [1.54, 1.807) is 31.4 Å². The molecule has 1 heterocycles. The zero-order valence-electron chi connectivity index (χ0n) is 16.2. The summed E-state index contributed by atoms with van der Waals surface area (Å²) in [6.45, 7) is 0.449. The van der Waals surface area contributed by atoms with E-state index in [0.717, 1.165) is 21.5 Å². The predicted molar refractivity (Wildman–Crippen MR) is 118 cm³/mol. The molecule has 0 fully saturated rings. The Kier molecular flexibility index (Phi) is 5.72. The number of hydrogen-bond acceptors (Lipinski definition) is 5. The van der Waals surface area contributed by atoms with Crippen molar-refractivity contribution in [1.29, 1.82) is 0 Å². The summed E-state index contributed by atoms with van der Waals surface area (Å²) >= 11 is 1.38. The zero-order chi connectivity index (χ0) is 20.9. The molecule has 3 aromatic carbocycles. The van der Waals surface area contributed by atoms with Gasteiger partial charge in [-0.3, -0.25) is 14.9 Å². The van der Waals surface area contributed by atoms with Crippen LogP contribution in [-0.4, -0.2) is 23.9 Å². The van der Waals surface area contributed by atoms with E-state index in [0.29, 0.717) is 22.8 Å². The fourth-order valence-corrected chi connectivity index (χ4v) is 3.80. The fourth-order valence-electron chi connectivity index (χ4n) is 2.91. The van der Waals surface area contributed by atoms with E-state index in [2.05, 4.69) is 15.6 Å². The number of anilines is 1. The number of ether oxygens (including phenoxy) is 1. The van der Waals surface area contributed by atoms with Gasteiger partial charge in [0, 0.05) is 17.7 Å². The van der Waals surface area contributed by atoms with E-state index in [1.165, 1.54) is 11.3 Å². The molecule has 0 aliphatic carbocycles. The molecule has 30 heavy (non-hydrogen) atoms. The Morgan fingerprint density at radius 1 is 0.933 bits per heavy atom. The first kappa shape index (κ1) is 19.6. The van der Waals surface area contributed by atoms with E-state index in [9.17, 15) is 9.59 Å². The van der Waals surface area contributed by atoms with Crippen molar-refractivity contribution in [2.75, 3.05) is 12.4 Å². The summed E-state index contributed by atoms with van der Waals surface area (Å²) in [5, 5.41) is 6.18. The first-order valence-corrected chi connectivity index (χ1v) is 10.1. The molecule has 150 valence electrons. The number of hydrogen-bond donors (Lipinski definition) is 2. The predicted octanol–water partition coefficient (Wildman–Crippen LogP) is 4.49. The number of thiazole rings is 1. The number of fused-ring (bicyclic) bond motifs is 1. The van der Waals surface area contributed by atoms with Crippen molar-refractivity contribution >= 4 is 38.5 Å². The number of nitrogens with one attached hydrogen (secondary N) is 2. The van der Waals surface area contributed by atoms with Crippen LogP contribution in [0.5, 0.6) is 5.75 Å². The monoisotopic (exact) mass is 417 g/mol. The average molecular weight is 417 g/mol. The quantitative estimate of drug-likeness (QED) is 0.484. The Balaban J connectivity index is 1.39. The highest BCUT2D eigenvalue weighted by molar-refractivity contribution is 7.22. The third kappa shape index (κ3) is 4.47. The largest absolute Gasteiger partial charge is 0.497 e. The summed E-state index contributed by atoms with van der Waals surface area (Å²) in [6.07, 6.45) is 0. The average Bonchev–Trinajstić information content (AvgIpc) is 3.19. The van der Waals surface area contributed by atoms with Gasteiger partial charge in [0.15, 0.2) is 5.13 Å². The Morgan fingerprint density at radius 2 is 1.63 bits per heavy atom. The number of carbonyl (C=O) groups excluding carboxylic acids is 2. The lowest BCUT2D eigenvalue weighted by Gasteiger charge is -2.06. The van der Waals surface area contributed by atoms with Gasteiger partial charge >= 0.3 is 0 Å². The molecule has 6 nitrogen and oxygen atoms in total. The number of amides is 2. The zero-order valence-corrected chi connectivity index (χ0v) is 17.0. The van der Waals surface area contributed by atoms with Gasteiger partial charge in [-0.05, 0) is 48.0 Å². The van der Waals surface area contributed by atoms with Crippen molar-refractivity contribution in [3.63, 3.8) is 0 Å². The first-order valence-electron chi connectivity index (χ1n) is 9.30. The third-order valence-corrected chi connectivity index (χ3v) is 5.45. The summed E-state index contributed by atoms with van der Waals surface area (Å²) in [5.41, 5.74) is 2.76. The van der Waals surface area contributed by atoms with E-state index >= 15 is 0 Å². The number of rotatable bonds is 6. The summed E-state index contributed by atoms with van der Waals surface area (Å²) in [7, 11) is 1.61. The van der Waals surface area contributed by atoms with Crippen molar-refractivity contribution < 1.29 is 14.3 Å². The molecule has 4 aromatic rings. The van der Waals surface area contributed by atoms with Crippen molar-refractivity contribution in [2.45, 2.75) is 6.54 Å². The molecule has 0 spiro atoms. The maximum atomic E-state index is 12.5. The van der Waals surface area contributed by atoms with Crippen molar-refractivity contribution in [2.24, 2.45) is 0 Å². The molecule has 0 atom stereocenters. The molecule has 0 aliphatic rings. The van der Waals surface area contributed by atoms with Gasteiger partial charge < -0.3 is 10.1 Å². The van der Waals surface area contributed by atoms with Crippen molar-refractivity contribution in [3.8, 4) is 5.75 Å². The van der Waals surface area contributed by atoms with Crippen molar-refractivity contribution in [3.05, 3.63) is 89.5 Å². The summed E-state index contributed by atoms with van der Waals surface area (Å²) < 4.78 is 6.14. The molecule has 1 aromatic heterocycles. The summed E-state index contributed by atoms with van der Waals surface area (Å²) in [4.78, 5) is 29.3. The van der Waals surface area contributed by atoms with Gasteiger partial charge in [0.1, 0.15) is 5.75 Å². The molecule has 0 unspecified atom stereocenters. The summed E-state index contributed by atoms with van der Waals surface area (Å²) in [6, 6.07) is 21.8.